The summed E-state index contributed by atoms with van der Waals surface area (Å²) < 4.78 is 5.14. The lowest BCUT2D eigenvalue weighted by Crippen LogP contribution is -2.22. The van der Waals surface area contributed by atoms with Crippen LogP contribution in [0.3, 0.4) is 0 Å². The summed E-state index contributed by atoms with van der Waals surface area (Å²) in [5.74, 6) is 0.753. The third-order valence-electron chi connectivity index (χ3n) is 3.98. The van der Waals surface area contributed by atoms with Crippen LogP contribution in [0.1, 0.15) is 57.2 Å². The van der Waals surface area contributed by atoms with E-state index in [-0.39, 0.29) is 5.91 Å². The minimum absolute atomic E-state index is 0.00542. The lowest BCUT2D eigenvalue weighted by Gasteiger charge is -2.07. The Labute approximate surface area is 128 Å². The molecule has 5 heteroatoms. The smallest absolute Gasteiger partial charge is 0.261 e. The zero-order chi connectivity index (χ0) is 14.7. The predicted octanol–water partition coefficient (Wildman–Crippen LogP) is 3.63. The van der Waals surface area contributed by atoms with Gasteiger partial charge in [-0.15, -0.1) is 11.3 Å². The van der Waals surface area contributed by atoms with E-state index in [2.05, 4.69) is 16.4 Å². The fourth-order valence-corrected chi connectivity index (χ4v) is 3.88. The molecule has 0 aliphatic heterocycles. The fraction of sp³-hybridized carbons (Fsp3) is 0.500. The summed E-state index contributed by atoms with van der Waals surface area (Å²) >= 11 is 1.65. The highest BCUT2D eigenvalue weighted by Crippen LogP contribution is 2.28. The standard InChI is InChI=1S/C16H20N2O2S/c1-11-13(18-10-20-11)9-17-16(19)15-8-12-6-4-2-3-5-7-14(12)21-15/h8,10H,2-7,9H2,1H3,(H,17,19). The molecule has 3 rings (SSSR count). The molecule has 2 heterocycles. The molecule has 1 amide bonds. The van der Waals surface area contributed by atoms with E-state index < -0.39 is 0 Å². The van der Waals surface area contributed by atoms with Crippen LogP contribution in [0.25, 0.3) is 0 Å². The van der Waals surface area contributed by atoms with E-state index in [0.29, 0.717) is 6.54 Å². The van der Waals surface area contributed by atoms with Crippen molar-refractivity contribution in [3.8, 4) is 0 Å². The summed E-state index contributed by atoms with van der Waals surface area (Å²) in [5.41, 5.74) is 2.17. The van der Waals surface area contributed by atoms with Crippen molar-refractivity contribution in [1.29, 1.82) is 0 Å². The van der Waals surface area contributed by atoms with Crippen molar-refractivity contribution in [3.63, 3.8) is 0 Å². The monoisotopic (exact) mass is 304 g/mol. The van der Waals surface area contributed by atoms with Gasteiger partial charge in [-0.25, -0.2) is 4.98 Å². The third-order valence-corrected chi connectivity index (χ3v) is 5.22. The van der Waals surface area contributed by atoms with Crippen molar-refractivity contribution in [1.82, 2.24) is 10.3 Å². The van der Waals surface area contributed by atoms with Crippen LogP contribution in [0.4, 0.5) is 0 Å². The van der Waals surface area contributed by atoms with Gasteiger partial charge in [-0.1, -0.05) is 12.8 Å². The Morgan fingerprint density at radius 1 is 1.33 bits per heavy atom. The van der Waals surface area contributed by atoms with Gasteiger partial charge in [0, 0.05) is 4.88 Å². The second kappa shape index (κ2) is 6.43. The number of nitrogens with one attached hydrogen (secondary N) is 1. The van der Waals surface area contributed by atoms with Gasteiger partial charge in [0.25, 0.3) is 5.91 Å². The third kappa shape index (κ3) is 3.35. The molecule has 1 N–H and O–H groups in total. The van der Waals surface area contributed by atoms with Gasteiger partial charge in [-0.2, -0.15) is 0 Å². The van der Waals surface area contributed by atoms with Crippen molar-refractivity contribution in [2.75, 3.05) is 0 Å². The molecule has 1 aliphatic carbocycles. The average molecular weight is 304 g/mol. The van der Waals surface area contributed by atoms with Crippen LogP contribution < -0.4 is 5.32 Å². The first-order valence-corrected chi connectivity index (χ1v) is 8.34. The molecule has 0 unspecified atom stereocenters. The number of aromatic nitrogens is 1. The van der Waals surface area contributed by atoms with Crippen LogP contribution in [0.5, 0.6) is 0 Å². The molecule has 0 saturated heterocycles. The van der Waals surface area contributed by atoms with Crippen LogP contribution >= 0.6 is 11.3 Å². The molecule has 0 radical (unpaired) electrons. The summed E-state index contributed by atoms with van der Waals surface area (Å²) in [7, 11) is 0. The first kappa shape index (κ1) is 14.3. The minimum atomic E-state index is -0.00542. The number of aryl methyl sites for hydroxylation is 3. The van der Waals surface area contributed by atoms with E-state index in [1.54, 1.807) is 11.3 Å². The maximum atomic E-state index is 12.3. The number of fused-ring (bicyclic) bond motifs is 1. The predicted molar refractivity (Wildman–Crippen MR) is 82.6 cm³/mol. The number of hydrogen-bond donors (Lipinski definition) is 1. The Balaban J connectivity index is 1.67. The molecule has 0 aromatic carbocycles. The first-order valence-electron chi connectivity index (χ1n) is 7.53. The highest BCUT2D eigenvalue weighted by atomic mass is 32.1. The molecule has 2 aromatic rings. The van der Waals surface area contributed by atoms with E-state index in [1.807, 2.05) is 6.92 Å². The molecule has 21 heavy (non-hydrogen) atoms. The second-order valence-corrected chi connectivity index (χ2v) is 6.65. The van der Waals surface area contributed by atoms with Crippen molar-refractivity contribution in [3.05, 3.63) is 39.2 Å². The number of carbonyl (C=O) groups excluding carboxylic acids is 1. The number of oxazole rings is 1. The SMILES string of the molecule is Cc1ocnc1CNC(=O)c1cc2c(s1)CCCCCC2. The van der Waals surface area contributed by atoms with Gasteiger partial charge in [0.15, 0.2) is 6.39 Å². The van der Waals surface area contributed by atoms with Crippen molar-refractivity contribution in [2.45, 2.75) is 52.0 Å². The van der Waals surface area contributed by atoms with Gasteiger partial charge in [-0.05, 0) is 44.2 Å². The summed E-state index contributed by atoms with van der Waals surface area (Å²) in [6.07, 6.45) is 8.74. The Hall–Kier alpha value is -1.62. The first-order chi connectivity index (χ1) is 10.2. The Bertz CT molecular complexity index is 605. The highest BCUT2D eigenvalue weighted by molar-refractivity contribution is 7.14. The maximum Gasteiger partial charge on any atom is 0.261 e. The molecule has 0 fully saturated rings. The molecule has 1 aliphatic rings. The molecule has 112 valence electrons. The molecule has 4 nitrogen and oxygen atoms in total. The normalized spacial score (nSPS) is 15.1. The fourth-order valence-electron chi connectivity index (χ4n) is 2.71. The van der Waals surface area contributed by atoms with Crippen molar-refractivity contribution < 1.29 is 9.21 Å². The Morgan fingerprint density at radius 2 is 2.14 bits per heavy atom. The molecule has 0 spiro atoms. The second-order valence-electron chi connectivity index (χ2n) is 5.51. The Morgan fingerprint density at radius 3 is 2.90 bits per heavy atom. The zero-order valence-electron chi connectivity index (χ0n) is 12.3. The summed E-state index contributed by atoms with van der Waals surface area (Å²) in [6, 6.07) is 2.08. The van der Waals surface area contributed by atoms with E-state index in [9.17, 15) is 4.79 Å². The highest BCUT2D eigenvalue weighted by Gasteiger charge is 2.16. The number of amides is 1. The number of hydrogen-bond acceptors (Lipinski definition) is 4. The summed E-state index contributed by atoms with van der Waals surface area (Å²) in [5, 5.41) is 2.93. The number of thiophene rings is 1. The topological polar surface area (TPSA) is 55.1 Å². The lowest BCUT2D eigenvalue weighted by atomic mass is 10.00. The number of carbonyl (C=O) groups is 1. The van der Waals surface area contributed by atoms with E-state index in [0.717, 1.165) is 29.2 Å². The van der Waals surface area contributed by atoms with Crippen LogP contribution in [0, 0.1) is 6.92 Å². The Kier molecular flexibility index (Phi) is 4.39. The van der Waals surface area contributed by atoms with Crippen LogP contribution in [0.15, 0.2) is 16.9 Å². The van der Waals surface area contributed by atoms with Crippen molar-refractivity contribution >= 4 is 17.2 Å². The maximum absolute atomic E-state index is 12.3. The van der Waals surface area contributed by atoms with Gasteiger partial charge in [0.05, 0.1) is 11.4 Å². The molecular formula is C16H20N2O2S. The quantitative estimate of drug-likeness (QED) is 0.942. The van der Waals surface area contributed by atoms with Crippen LogP contribution in [-0.2, 0) is 19.4 Å². The number of nitrogens with zero attached hydrogens (tertiary/aromatic N) is 1. The summed E-state index contributed by atoms with van der Waals surface area (Å²) in [4.78, 5) is 18.6. The van der Waals surface area contributed by atoms with E-state index in [1.165, 1.54) is 42.5 Å². The van der Waals surface area contributed by atoms with Crippen molar-refractivity contribution in [2.24, 2.45) is 0 Å². The van der Waals surface area contributed by atoms with Gasteiger partial charge in [0.2, 0.25) is 0 Å². The van der Waals surface area contributed by atoms with Gasteiger partial charge < -0.3 is 9.73 Å². The largest absolute Gasteiger partial charge is 0.448 e. The molecule has 0 bridgehead atoms. The average Bonchev–Trinajstić information content (AvgIpc) is 3.03. The zero-order valence-corrected chi connectivity index (χ0v) is 13.1. The lowest BCUT2D eigenvalue weighted by molar-refractivity contribution is 0.0954. The molecular weight excluding hydrogens is 284 g/mol. The number of rotatable bonds is 3. The summed E-state index contributed by atoms with van der Waals surface area (Å²) in [6.45, 7) is 2.27. The minimum Gasteiger partial charge on any atom is -0.448 e. The van der Waals surface area contributed by atoms with E-state index in [4.69, 9.17) is 4.42 Å². The van der Waals surface area contributed by atoms with Gasteiger partial charge in [0.1, 0.15) is 11.5 Å². The molecule has 2 aromatic heterocycles. The van der Waals surface area contributed by atoms with Gasteiger partial charge in [-0.3, -0.25) is 4.79 Å². The van der Waals surface area contributed by atoms with Gasteiger partial charge >= 0.3 is 0 Å². The van der Waals surface area contributed by atoms with Crippen LogP contribution in [0.2, 0.25) is 0 Å². The van der Waals surface area contributed by atoms with Crippen LogP contribution in [-0.4, -0.2) is 10.9 Å². The molecule has 0 atom stereocenters. The molecule has 0 saturated carbocycles. The van der Waals surface area contributed by atoms with E-state index >= 15 is 0 Å².